The summed E-state index contributed by atoms with van der Waals surface area (Å²) in [6.07, 6.45) is 3.39. The first-order chi connectivity index (χ1) is 7.81. The number of hydrogen-bond acceptors (Lipinski definition) is 4. The molecule has 0 N–H and O–H groups in total. The summed E-state index contributed by atoms with van der Waals surface area (Å²) >= 11 is 0. The molecule has 0 fully saturated rings. The molecule has 2 heterocycles. The molecule has 0 aliphatic rings. The van der Waals surface area contributed by atoms with Crippen LogP contribution in [-0.2, 0) is 6.54 Å². The first-order valence-electron chi connectivity index (χ1n) is 4.89. The van der Waals surface area contributed by atoms with Crippen LogP contribution in [0.1, 0.15) is 12.6 Å². The minimum absolute atomic E-state index is 0.334. The molecule has 0 unspecified atom stereocenters. The van der Waals surface area contributed by atoms with Gasteiger partial charge in [-0.05, 0) is 13.0 Å². The molecule has 16 heavy (non-hydrogen) atoms. The zero-order valence-corrected chi connectivity index (χ0v) is 8.79. The first kappa shape index (κ1) is 10.2. The number of aryl methyl sites for hydroxylation is 1. The maximum atomic E-state index is 8.69. The Labute approximate surface area is 92.9 Å². The van der Waals surface area contributed by atoms with Crippen molar-refractivity contribution in [1.82, 2.24) is 14.8 Å². The maximum absolute atomic E-state index is 8.69. The monoisotopic (exact) mass is 214 g/mol. The van der Waals surface area contributed by atoms with E-state index in [0.717, 1.165) is 6.54 Å². The number of rotatable bonds is 3. The van der Waals surface area contributed by atoms with Gasteiger partial charge >= 0.3 is 0 Å². The summed E-state index contributed by atoms with van der Waals surface area (Å²) in [5.41, 5.74) is 0.334. The maximum Gasteiger partial charge on any atom is 0.220 e. The van der Waals surface area contributed by atoms with Gasteiger partial charge in [0, 0.05) is 12.6 Å². The number of aromatic nitrogens is 3. The largest absolute Gasteiger partial charge is 0.436 e. The van der Waals surface area contributed by atoms with Gasteiger partial charge in [-0.1, -0.05) is 6.07 Å². The summed E-state index contributed by atoms with van der Waals surface area (Å²) in [7, 11) is 0. The van der Waals surface area contributed by atoms with Crippen molar-refractivity contribution < 1.29 is 4.74 Å². The molecule has 80 valence electrons. The summed E-state index contributed by atoms with van der Waals surface area (Å²) in [5.74, 6) is 1.01. The molecular weight excluding hydrogens is 204 g/mol. The molecule has 0 saturated carbocycles. The van der Waals surface area contributed by atoms with Crippen molar-refractivity contribution in [2.24, 2.45) is 0 Å². The van der Waals surface area contributed by atoms with E-state index in [2.05, 4.69) is 10.1 Å². The number of nitriles is 1. The Morgan fingerprint density at radius 1 is 1.50 bits per heavy atom. The number of nitrogens with zero attached hydrogens (tertiary/aromatic N) is 4. The van der Waals surface area contributed by atoms with Gasteiger partial charge in [0.2, 0.25) is 5.88 Å². The smallest absolute Gasteiger partial charge is 0.220 e. The molecule has 0 atom stereocenters. The summed E-state index contributed by atoms with van der Waals surface area (Å²) in [4.78, 5) is 4.00. The van der Waals surface area contributed by atoms with Crippen LogP contribution in [0.25, 0.3) is 0 Å². The lowest BCUT2D eigenvalue weighted by Gasteiger charge is -2.00. The molecule has 0 bridgehead atoms. The normalized spacial score (nSPS) is 9.75. The number of pyridine rings is 1. The Kier molecular flexibility index (Phi) is 2.83. The van der Waals surface area contributed by atoms with Crippen molar-refractivity contribution >= 4 is 0 Å². The lowest BCUT2D eigenvalue weighted by molar-refractivity contribution is 0.461. The molecule has 5 nitrogen and oxygen atoms in total. The Balaban J connectivity index is 2.17. The van der Waals surface area contributed by atoms with Gasteiger partial charge in [-0.3, -0.25) is 4.68 Å². The molecule has 0 radical (unpaired) electrons. The average molecular weight is 214 g/mol. The van der Waals surface area contributed by atoms with E-state index in [1.54, 1.807) is 35.3 Å². The van der Waals surface area contributed by atoms with Gasteiger partial charge in [0.1, 0.15) is 11.8 Å². The fourth-order valence-corrected chi connectivity index (χ4v) is 1.22. The van der Waals surface area contributed by atoms with Crippen LogP contribution in [0.2, 0.25) is 0 Å². The SMILES string of the molecule is CCn1cc(Oc2cccc(C#N)n2)cn1. The van der Waals surface area contributed by atoms with Crippen LogP contribution in [0.3, 0.4) is 0 Å². The molecule has 0 aromatic carbocycles. The van der Waals surface area contributed by atoms with E-state index < -0.39 is 0 Å². The molecule has 2 aromatic heterocycles. The molecule has 2 aromatic rings. The van der Waals surface area contributed by atoms with Crippen LogP contribution in [0.5, 0.6) is 11.6 Å². The minimum Gasteiger partial charge on any atom is -0.436 e. The van der Waals surface area contributed by atoms with Crippen LogP contribution < -0.4 is 4.74 Å². The second-order valence-corrected chi connectivity index (χ2v) is 3.11. The number of ether oxygens (including phenoxy) is 1. The van der Waals surface area contributed by atoms with E-state index in [1.165, 1.54) is 0 Å². The highest BCUT2D eigenvalue weighted by Gasteiger charge is 2.02. The van der Waals surface area contributed by atoms with E-state index in [1.807, 2.05) is 13.0 Å². The Morgan fingerprint density at radius 3 is 3.06 bits per heavy atom. The zero-order chi connectivity index (χ0) is 11.4. The van der Waals surface area contributed by atoms with E-state index >= 15 is 0 Å². The Bertz CT molecular complexity index is 527. The average Bonchev–Trinajstić information content (AvgIpc) is 2.77. The van der Waals surface area contributed by atoms with Crippen molar-refractivity contribution in [2.45, 2.75) is 13.5 Å². The fraction of sp³-hybridized carbons (Fsp3) is 0.182. The van der Waals surface area contributed by atoms with Crippen molar-refractivity contribution in [3.63, 3.8) is 0 Å². The standard InChI is InChI=1S/C11H10N4O/c1-2-15-8-10(7-13-15)16-11-5-3-4-9(6-12)14-11/h3-5,7-8H,2H2,1H3. The molecule has 5 heteroatoms. The van der Waals surface area contributed by atoms with Crippen molar-refractivity contribution in [1.29, 1.82) is 5.26 Å². The Morgan fingerprint density at radius 2 is 2.38 bits per heavy atom. The zero-order valence-electron chi connectivity index (χ0n) is 8.79. The van der Waals surface area contributed by atoms with E-state index in [4.69, 9.17) is 10.00 Å². The van der Waals surface area contributed by atoms with Gasteiger partial charge in [0.15, 0.2) is 5.75 Å². The topological polar surface area (TPSA) is 63.7 Å². The van der Waals surface area contributed by atoms with Gasteiger partial charge in [-0.2, -0.15) is 10.4 Å². The third kappa shape index (κ3) is 2.17. The second kappa shape index (κ2) is 4.45. The summed E-state index contributed by atoms with van der Waals surface area (Å²) < 4.78 is 7.21. The third-order valence-corrected chi connectivity index (χ3v) is 1.99. The summed E-state index contributed by atoms with van der Waals surface area (Å²) in [6, 6.07) is 7.01. The van der Waals surface area contributed by atoms with Gasteiger partial charge < -0.3 is 4.74 Å². The highest BCUT2D eigenvalue weighted by atomic mass is 16.5. The Hall–Kier alpha value is -2.35. The van der Waals surface area contributed by atoms with Gasteiger partial charge in [0.25, 0.3) is 0 Å². The third-order valence-electron chi connectivity index (χ3n) is 1.99. The molecular formula is C11H10N4O. The highest BCUT2D eigenvalue weighted by Crippen LogP contribution is 2.18. The van der Waals surface area contributed by atoms with Crippen LogP contribution >= 0.6 is 0 Å². The van der Waals surface area contributed by atoms with E-state index in [0.29, 0.717) is 17.3 Å². The predicted molar refractivity (Wildman–Crippen MR) is 56.9 cm³/mol. The molecule has 0 amide bonds. The van der Waals surface area contributed by atoms with Crippen molar-refractivity contribution in [2.75, 3.05) is 0 Å². The minimum atomic E-state index is 0.334. The molecule has 0 saturated heterocycles. The van der Waals surface area contributed by atoms with Crippen molar-refractivity contribution in [3.05, 3.63) is 36.3 Å². The lowest BCUT2D eigenvalue weighted by Crippen LogP contribution is -1.92. The van der Waals surface area contributed by atoms with Crippen LogP contribution in [0.4, 0.5) is 0 Å². The lowest BCUT2D eigenvalue weighted by atomic mass is 10.4. The van der Waals surface area contributed by atoms with Gasteiger partial charge in [-0.25, -0.2) is 4.98 Å². The van der Waals surface area contributed by atoms with Crippen molar-refractivity contribution in [3.8, 4) is 17.7 Å². The van der Waals surface area contributed by atoms with E-state index in [9.17, 15) is 0 Å². The predicted octanol–water partition coefficient (Wildman–Crippen LogP) is 1.96. The second-order valence-electron chi connectivity index (χ2n) is 3.11. The van der Waals surface area contributed by atoms with Crippen LogP contribution in [0, 0.1) is 11.3 Å². The van der Waals surface area contributed by atoms with Crippen LogP contribution in [0.15, 0.2) is 30.6 Å². The highest BCUT2D eigenvalue weighted by molar-refractivity contribution is 5.27. The fourth-order valence-electron chi connectivity index (χ4n) is 1.22. The molecule has 0 spiro atoms. The summed E-state index contributed by atoms with van der Waals surface area (Å²) in [6.45, 7) is 2.78. The number of hydrogen-bond donors (Lipinski definition) is 0. The molecule has 0 aliphatic heterocycles. The molecule has 2 rings (SSSR count). The van der Waals surface area contributed by atoms with E-state index in [-0.39, 0.29) is 0 Å². The van der Waals surface area contributed by atoms with Gasteiger partial charge in [0.05, 0.1) is 12.4 Å². The summed E-state index contributed by atoms with van der Waals surface area (Å²) in [5, 5.41) is 12.8. The molecule has 0 aliphatic carbocycles. The first-order valence-corrected chi connectivity index (χ1v) is 4.89. The van der Waals surface area contributed by atoms with Gasteiger partial charge in [-0.15, -0.1) is 0 Å². The quantitative estimate of drug-likeness (QED) is 0.783. The van der Waals surface area contributed by atoms with Crippen LogP contribution in [-0.4, -0.2) is 14.8 Å².